The molecule has 0 atom stereocenters. The van der Waals surface area contributed by atoms with E-state index in [0.717, 1.165) is 11.8 Å². The molecule has 0 fully saturated rings. The van der Waals surface area contributed by atoms with Crippen LogP contribution in [0.2, 0.25) is 0 Å². The Kier molecular flexibility index (Phi) is 7.51. The Morgan fingerprint density at radius 1 is 0.852 bits per heavy atom. The van der Waals surface area contributed by atoms with E-state index < -0.39 is 22.0 Å². The molecule has 2 aromatic carbocycles. The predicted octanol–water partition coefficient (Wildman–Crippen LogP) is 1.79. The van der Waals surface area contributed by atoms with Crippen LogP contribution in [0.25, 0.3) is 0 Å². The Labute approximate surface area is 158 Å². The summed E-state index contributed by atoms with van der Waals surface area (Å²) in [5.74, 6) is -0.995. The molecule has 0 unspecified atom stereocenters. The fraction of sp³-hybridized carbons (Fsp3) is 0.263. The second kappa shape index (κ2) is 9.84. The normalized spacial score (nSPS) is 11.0. The number of hydrogen-bond donors (Lipinski definition) is 1. The maximum absolute atomic E-state index is 12.0. The van der Waals surface area contributed by atoms with Crippen molar-refractivity contribution < 1.29 is 27.5 Å². The van der Waals surface area contributed by atoms with Gasteiger partial charge in [-0.25, -0.2) is 22.7 Å². The van der Waals surface area contributed by atoms with Gasteiger partial charge in [-0.3, -0.25) is 0 Å². The molecule has 0 aromatic heterocycles. The van der Waals surface area contributed by atoms with Crippen molar-refractivity contribution in [3.8, 4) is 0 Å². The number of nitrogens with one attached hydrogen (secondary N) is 1. The first-order valence-corrected chi connectivity index (χ1v) is 10.2. The Morgan fingerprint density at radius 3 is 1.89 bits per heavy atom. The van der Waals surface area contributed by atoms with Gasteiger partial charge in [0.15, 0.2) is 0 Å². The molecule has 0 aliphatic heterocycles. The lowest BCUT2D eigenvalue weighted by Crippen LogP contribution is -2.24. The van der Waals surface area contributed by atoms with E-state index in [4.69, 9.17) is 9.47 Å². The van der Waals surface area contributed by atoms with Gasteiger partial charge in [0.2, 0.25) is 10.0 Å². The molecular weight excluding hydrogens is 370 g/mol. The topological polar surface area (TPSA) is 98.8 Å². The number of sulfonamides is 1. The maximum atomic E-state index is 12.0. The molecule has 0 heterocycles. The molecular formula is C19H21NO6S. The van der Waals surface area contributed by atoms with Crippen molar-refractivity contribution in [2.24, 2.45) is 0 Å². The summed E-state index contributed by atoms with van der Waals surface area (Å²) < 4.78 is 34.5. The number of ether oxygens (including phenoxy) is 2. The van der Waals surface area contributed by atoms with E-state index in [-0.39, 0.29) is 19.8 Å². The molecule has 0 amide bonds. The van der Waals surface area contributed by atoms with Gasteiger partial charge in [0.1, 0.15) is 13.2 Å². The van der Waals surface area contributed by atoms with Gasteiger partial charge in [0, 0.05) is 6.54 Å². The van der Waals surface area contributed by atoms with Crippen LogP contribution in [0.1, 0.15) is 26.3 Å². The molecule has 0 saturated heterocycles. The van der Waals surface area contributed by atoms with Gasteiger partial charge in [-0.1, -0.05) is 30.3 Å². The fourth-order valence-electron chi connectivity index (χ4n) is 2.20. The zero-order valence-corrected chi connectivity index (χ0v) is 15.7. The van der Waals surface area contributed by atoms with Crippen LogP contribution in [0, 0.1) is 0 Å². The van der Waals surface area contributed by atoms with Crippen LogP contribution in [0.5, 0.6) is 0 Å². The fourth-order valence-corrected chi connectivity index (χ4v) is 2.67. The van der Waals surface area contributed by atoms with Gasteiger partial charge < -0.3 is 9.47 Å². The average molecular weight is 391 g/mol. The zero-order valence-electron chi connectivity index (χ0n) is 14.9. The lowest BCUT2D eigenvalue weighted by atomic mass is 10.1. The number of hydrogen-bond acceptors (Lipinski definition) is 6. The SMILES string of the molecule is CS(=O)(=O)NCCc1ccc(C(=O)OCCOC(=O)c2ccccc2)cc1. The molecule has 1 N–H and O–H groups in total. The highest BCUT2D eigenvalue weighted by Crippen LogP contribution is 2.07. The summed E-state index contributed by atoms with van der Waals surface area (Å²) in [6.45, 7) is 0.210. The van der Waals surface area contributed by atoms with Crippen LogP contribution >= 0.6 is 0 Å². The van der Waals surface area contributed by atoms with E-state index in [2.05, 4.69) is 4.72 Å². The van der Waals surface area contributed by atoms with Crippen LogP contribution in [-0.4, -0.2) is 46.4 Å². The van der Waals surface area contributed by atoms with Gasteiger partial charge in [-0.15, -0.1) is 0 Å². The quantitative estimate of drug-likeness (QED) is 0.517. The van der Waals surface area contributed by atoms with Gasteiger partial charge in [-0.05, 0) is 36.2 Å². The van der Waals surface area contributed by atoms with Crippen LogP contribution in [0.4, 0.5) is 0 Å². The minimum Gasteiger partial charge on any atom is -0.458 e. The zero-order chi connectivity index (χ0) is 19.7. The summed E-state index contributed by atoms with van der Waals surface area (Å²) >= 11 is 0. The second-order valence-electron chi connectivity index (χ2n) is 5.75. The van der Waals surface area contributed by atoms with Gasteiger partial charge >= 0.3 is 11.9 Å². The summed E-state index contributed by atoms with van der Waals surface area (Å²) in [7, 11) is -3.21. The summed E-state index contributed by atoms with van der Waals surface area (Å²) in [4.78, 5) is 23.7. The first kappa shape index (κ1) is 20.6. The number of benzene rings is 2. The Hall–Kier alpha value is -2.71. The van der Waals surface area contributed by atoms with Crippen molar-refractivity contribution in [2.75, 3.05) is 26.0 Å². The Bertz CT molecular complexity index is 863. The first-order chi connectivity index (χ1) is 12.8. The molecule has 8 heteroatoms. The molecule has 0 radical (unpaired) electrons. The molecule has 0 saturated carbocycles. The minimum absolute atomic E-state index is 0.0330. The largest absolute Gasteiger partial charge is 0.458 e. The van der Waals surface area contributed by atoms with Gasteiger partial charge in [0.25, 0.3) is 0 Å². The lowest BCUT2D eigenvalue weighted by molar-refractivity contribution is 0.0265. The summed E-state index contributed by atoms with van der Waals surface area (Å²) in [6, 6.07) is 15.2. The minimum atomic E-state index is -3.21. The molecule has 2 aromatic rings. The summed E-state index contributed by atoms with van der Waals surface area (Å²) in [5, 5.41) is 0. The van der Waals surface area contributed by atoms with Crippen molar-refractivity contribution in [2.45, 2.75) is 6.42 Å². The predicted molar refractivity (Wildman–Crippen MR) is 100.0 cm³/mol. The second-order valence-corrected chi connectivity index (χ2v) is 7.58. The van der Waals surface area contributed by atoms with E-state index >= 15 is 0 Å². The van der Waals surface area contributed by atoms with E-state index in [1.165, 1.54) is 0 Å². The smallest absolute Gasteiger partial charge is 0.338 e. The van der Waals surface area contributed by atoms with Crippen LogP contribution < -0.4 is 4.72 Å². The molecule has 144 valence electrons. The van der Waals surface area contributed by atoms with Crippen LogP contribution in [0.3, 0.4) is 0 Å². The molecule has 7 nitrogen and oxygen atoms in total. The van der Waals surface area contributed by atoms with Crippen molar-refractivity contribution in [3.63, 3.8) is 0 Å². The highest BCUT2D eigenvalue weighted by atomic mass is 32.2. The number of esters is 2. The van der Waals surface area contributed by atoms with Crippen LogP contribution in [-0.2, 0) is 25.9 Å². The van der Waals surface area contributed by atoms with E-state index in [1.807, 2.05) is 0 Å². The standard InChI is InChI=1S/C19H21NO6S/c1-27(23,24)20-12-11-15-7-9-17(10-8-15)19(22)26-14-13-25-18(21)16-5-3-2-4-6-16/h2-10,20H,11-14H2,1H3. The molecule has 0 aliphatic rings. The van der Waals surface area contributed by atoms with Crippen molar-refractivity contribution in [1.29, 1.82) is 0 Å². The number of carbonyl (C=O) groups is 2. The third-order valence-electron chi connectivity index (χ3n) is 3.53. The highest BCUT2D eigenvalue weighted by molar-refractivity contribution is 7.88. The van der Waals surface area contributed by atoms with Crippen molar-refractivity contribution in [1.82, 2.24) is 4.72 Å². The molecule has 0 aliphatic carbocycles. The van der Waals surface area contributed by atoms with Crippen molar-refractivity contribution in [3.05, 3.63) is 71.3 Å². The maximum Gasteiger partial charge on any atom is 0.338 e. The number of carbonyl (C=O) groups excluding carboxylic acids is 2. The van der Waals surface area contributed by atoms with Gasteiger partial charge in [0.05, 0.1) is 17.4 Å². The molecule has 27 heavy (non-hydrogen) atoms. The van der Waals surface area contributed by atoms with Crippen molar-refractivity contribution >= 4 is 22.0 Å². The van der Waals surface area contributed by atoms with E-state index in [1.54, 1.807) is 54.6 Å². The number of rotatable bonds is 9. The molecule has 0 spiro atoms. The highest BCUT2D eigenvalue weighted by Gasteiger charge is 2.09. The third-order valence-corrected chi connectivity index (χ3v) is 4.26. The molecule has 0 bridgehead atoms. The average Bonchev–Trinajstić information content (AvgIpc) is 2.65. The lowest BCUT2D eigenvalue weighted by Gasteiger charge is -2.07. The Morgan fingerprint density at radius 2 is 1.37 bits per heavy atom. The third kappa shape index (κ3) is 7.59. The first-order valence-electron chi connectivity index (χ1n) is 8.28. The summed E-state index contributed by atoms with van der Waals surface area (Å²) in [5.41, 5.74) is 1.69. The van der Waals surface area contributed by atoms with E-state index in [0.29, 0.717) is 17.5 Å². The van der Waals surface area contributed by atoms with Gasteiger partial charge in [-0.2, -0.15) is 0 Å². The monoisotopic (exact) mass is 391 g/mol. The Balaban J connectivity index is 1.72. The van der Waals surface area contributed by atoms with Crippen LogP contribution in [0.15, 0.2) is 54.6 Å². The van der Waals surface area contributed by atoms with E-state index in [9.17, 15) is 18.0 Å². The summed E-state index contributed by atoms with van der Waals surface area (Å²) in [6.07, 6.45) is 1.61. The molecule has 2 rings (SSSR count).